The van der Waals surface area contributed by atoms with Crippen molar-refractivity contribution >= 4 is 5.78 Å². The number of carbonyl (C=O) groups is 1. The van der Waals surface area contributed by atoms with Crippen LogP contribution < -0.4 is 4.74 Å². The van der Waals surface area contributed by atoms with Gasteiger partial charge in [-0.1, -0.05) is 13.8 Å². The van der Waals surface area contributed by atoms with Crippen molar-refractivity contribution in [2.45, 2.75) is 58.0 Å². The number of aliphatic hydroxyl groups is 1. The minimum atomic E-state index is -0.666. The molecule has 5 nitrogen and oxygen atoms in total. The van der Waals surface area contributed by atoms with Crippen LogP contribution in [0.25, 0.3) is 0 Å². The van der Waals surface area contributed by atoms with E-state index in [1.165, 1.54) is 0 Å². The molecule has 5 rings (SSSR count). The van der Waals surface area contributed by atoms with Gasteiger partial charge in [0.2, 0.25) is 5.78 Å². The Hall–Kier alpha value is -2.17. The molecule has 3 aliphatic carbocycles. The molecule has 1 aromatic carbocycles. The number of fused-ring (bicyclic) bond motifs is 6. The summed E-state index contributed by atoms with van der Waals surface area (Å²) in [7, 11) is 0. The molecule has 0 spiro atoms. The number of Topliss-reactive ketones (excluding diaryl/α,β-unsaturated/α-hetero) is 1. The van der Waals surface area contributed by atoms with Crippen molar-refractivity contribution in [2.24, 2.45) is 11.3 Å². The summed E-state index contributed by atoms with van der Waals surface area (Å²) in [5, 5.41) is 32.6. The predicted molar refractivity (Wildman–Crippen MR) is 90.4 cm³/mol. The molecule has 2 saturated carbocycles. The lowest BCUT2D eigenvalue weighted by Crippen LogP contribution is -2.40. The Bertz CT molecular complexity index is 898. The first-order chi connectivity index (χ1) is 11.7. The van der Waals surface area contributed by atoms with Crippen LogP contribution in [0.1, 0.15) is 61.5 Å². The van der Waals surface area contributed by atoms with Gasteiger partial charge in [-0.05, 0) is 43.1 Å². The number of benzene rings is 1. The molecule has 1 aliphatic heterocycles. The van der Waals surface area contributed by atoms with Crippen LogP contribution in [0, 0.1) is 11.3 Å². The summed E-state index contributed by atoms with van der Waals surface area (Å²) in [6, 6.07) is 0. The third-order valence-electron chi connectivity index (χ3n) is 7.07. The quantitative estimate of drug-likeness (QED) is 0.628. The van der Waals surface area contributed by atoms with Gasteiger partial charge < -0.3 is 20.1 Å². The van der Waals surface area contributed by atoms with Crippen LogP contribution in [-0.4, -0.2) is 27.2 Å². The van der Waals surface area contributed by atoms with E-state index in [1.807, 2.05) is 13.8 Å². The molecular formula is C20H22O5. The maximum atomic E-state index is 13.0. The van der Waals surface area contributed by atoms with E-state index in [0.29, 0.717) is 29.2 Å². The van der Waals surface area contributed by atoms with Gasteiger partial charge in [0.15, 0.2) is 17.3 Å². The van der Waals surface area contributed by atoms with E-state index in [9.17, 15) is 20.1 Å². The number of allylic oxidation sites excluding steroid dienone is 2. The lowest BCUT2D eigenvalue weighted by molar-refractivity contribution is 0.0946. The molecule has 0 unspecified atom stereocenters. The number of ether oxygens (including phenoxy) is 1. The summed E-state index contributed by atoms with van der Waals surface area (Å²) in [6.07, 6.45) is 2.93. The van der Waals surface area contributed by atoms with Gasteiger partial charge in [-0.15, -0.1) is 0 Å². The fourth-order valence-electron chi connectivity index (χ4n) is 5.77. The van der Waals surface area contributed by atoms with E-state index in [1.54, 1.807) is 0 Å². The molecule has 25 heavy (non-hydrogen) atoms. The summed E-state index contributed by atoms with van der Waals surface area (Å²) < 4.78 is 5.73. The van der Waals surface area contributed by atoms with Crippen LogP contribution in [-0.2, 0) is 11.8 Å². The van der Waals surface area contributed by atoms with Crippen molar-refractivity contribution in [3.63, 3.8) is 0 Å². The minimum absolute atomic E-state index is 0.0456. The average Bonchev–Trinajstić information content (AvgIpc) is 3.05. The first kappa shape index (κ1) is 15.1. The van der Waals surface area contributed by atoms with Gasteiger partial charge in [0.1, 0.15) is 11.9 Å². The molecule has 0 saturated heterocycles. The Morgan fingerprint density at radius 3 is 2.60 bits per heavy atom. The van der Waals surface area contributed by atoms with Crippen molar-refractivity contribution in [3.8, 4) is 17.2 Å². The number of hydrogen-bond donors (Lipinski definition) is 3. The average molecular weight is 342 g/mol. The summed E-state index contributed by atoms with van der Waals surface area (Å²) in [5.41, 5.74) is 0.820. The van der Waals surface area contributed by atoms with Crippen molar-refractivity contribution in [1.82, 2.24) is 0 Å². The lowest BCUT2D eigenvalue weighted by atomic mass is 9.58. The second-order valence-electron chi connectivity index (χ2n) is 8.63. The largest absolute Gasteiger partial charge is 0.507 e. The van der Waals surface area contributed by atoms with E-state index < -0.39 is 11.2 Å². The standard InChI is InChI=1S/C20H22O5/c1-8-6-10-13(21)11-12(15(23)17(10)25-8)19(2)5-4-9-7-20(9,3)18(19)16(24)14(11)22/h8-9,21,23-24H,4-7H2,1-3H3/t8-,9+,19+,20-/m1/s1. The fourth-order valence-corrected chi connectivity index (χ4v) is 5.77. The monoisotopic (exact) mass is 342 g/mol. The zero-order chi connectivity index (χ0) is 17.9. The van der Waals surface area contributed by atoms with E-state index in [2.05, 4.69) is 6.92 Å². The molecule has 4 aliphatic rings. The summed E-state index contributed by atoms with van der Waals surface area (Å²) >= 11 is 0. The number of phenolic OH excluding ortho intramolecular Hbond substituents is 2. The van der Waals surface area contributed by atoms with Crippen molar-refractivity contribution < 1.29 is 24.9 Å². The molecule has 2 fully saturated rings. The van der Waals surface area contributed by atoms with Gasteiger partial charge in [0.05, 0.1) is 5.56 Å². The normalized spacial score (nSPS) is 37.8. The number of aliphatic hydroxyl groups excluding tert-OH is 1. The van der Waals surface area contributed by atoms with Crippen LogP contribution in [0.15, 0.2) is 11.3 Å². The second-order valence-corrected chi connectivity index (χ2v) is 8.63. The van der Waals surface area contributed by atoms with E-state index in [0.717, 1.165) is 24.8 Å². The Kier molecular flexibility index (Phi) is 2.50. The zero-order valence-corrected chi connectivity index (χ0v) is 14.6. The number of ketones is 1. The molecule has 3 N–H and O–H groups in total. The Morgan fingerprint density at radius 2 is 1.88 bits per heavy atom. The highest BCUT2D eigenvalue weighted by molar-refractivity contribution is 6.14. The van der Waals surface area contributed by atoms with Crippen LogP contribution in [0.3, 0.4) is 0 Å². The Balaban J connectivity index is 1.86. The van der Waals surface area contributed by atoms with E-state index in [4.69, 9.17) is 4.74 Å². The van der Waals surface area contributed by atoms with Crippen molar-refractivity contribution in [1.29, 1.82) is 0 Å². The van der Waals surface area contributed by atoms with Crippen molar-refractivity contribution in [3.05, 3.63) is 28.0 Å². The molecule has 0 bridgehead atoms. The number of carbonyl (C=O) groups excluding carboxylic acids is 1. The molecule has 5 heteroatoms. The molecule has 0 aromatic heterocycles. The highest BCUT2D eigenvalue weighted by Gasteiger charge is 2.64. The van der Waals surface area contributed by atoms with Gasteiger partial charge in [0, 0.05) is 23.0 Å². The maximum absolute atomic E-state index is 13.0. The summed E-state index contributed by atoms with van der Waals surface area (Å²) in [6.45, 7) is 5.91. The SMILES string of the molecule is C[C@@H]1Cc2c(O)c3c(c(O)c2O1)[C@]1(C)CC[C@H]2C[C@@]2(C)C1=C(O)C3=O. The Labute approximate surface area is 145 Å². The van der Waals surface area contributed by atoms with Crippen LogP contribution >= 0.6 is 0 Å². The van der Waals surface area contributed by atoms with Gasteiger partial charge in [-0.2, -0.15) is 0 Å². The first-order valence-corrected chi connectivity index (χ1v) is 8.97. The number of rotatable bonds is 0. The van der Waals surface area contributed by atoms with Crippen LogP contribution in [0.5, 0.6) is 17.2 Å². The second kappa shape index (κ2) is 4.14. The lowest BCUT2D eigenvalue weighted by Gasteiger charge is -2.44. The molecule has 0 amide bonds. The predicted octanol–water partition coefficient (Wildman–Crippen LogP) is 3.51. The first-order valence-electron chi connectivity index (χ1n) is 8.97. The molecule has 1 heterocycles. The number of aromatic hydroxyl groups is 2. The van der Waals surface area contributed by atoms with Crippen LogP contribution in [0.2, 0.25) is 0 Å². The van der Waals surface area contributed by atoms with Gasteiger partial charge in [0.25, 0.3) is 0 Å². The van der Waals surface area contributed by atoms with Crippen molar-refractivity contribution in [2.75, 3.05) is 0 Å². The fraction of sp³-hybridized carbons (Fsp3) is 0.550. The van der Waals surface area contributed by atoms with Crippen LogP contribution in [0.4, 0.5) is 0 Å². The maximum Gasteiger partial charge on any atom is 0.231 e. The van der Waals surface area contributed by atoms with Gasteiger partial charge >= 0.3 is 0 Å². The smallest absolute Gasteiger partial charge is 0.231 e. The molecule has 132 valence electrons. The van der Waals surface area contributed by atoms with Gasteiger partial charge in [-0.25, -0.2) is 0 Å². The summed E-state index contributed by atoms with van der Waals surface area (Å²) in [4.78, 5) is 13.0. The number of hydrogen-bond acceptors (Lipinski definition) is 5. The zero-order valence-electron chi connectivity index (χ0n) is 14.6. The molecule has 1 aromatic rings. The summed E-state index contributed by atoms with van der Waals surface area (Å²) in [5.74, 6) is -0.231. The van der Waals surface area contributed by atoms with E-state index in [-0.39, 0.29) is 34.3 Å². The third-order valence-corrected chi connectivity index (χ3v) is 7.07. The molecule has 4 atom stereocenters. The molecular weight excluding hydrogens is 320 g/mol. The highest BCUT2D eigenvalue weighted by Crippen LogP contribution is 2.72. The molecule has 0 radical (unpaired) electrons. The van der Waals surface area contributed by atoms with E-state index >= 15 is 0 Å². The number of phenols is 2. The van der Waals surface area contributed by atoms with Gasteiger partial charge in [-0.3, -0.25) is 4.79 Å². The minimum Gasteiger partial charge on any atom is -0.507 e. The Morgan fingerprint density at radius 1 is 1.16 bits per heavy atom. The topological polar surface area (TPSA) is 87.0 Å². The third kappa shape index (κ3) is 1.53. The highest BCUT2D eigenvalue weighted by atomic mass is 16.5.